The summed E-state index contributed by atoms with van der Waals surface area (Å²) in [7, 11) is -1.73. The zero-order valence-corrected chi connectivity index (χ0v) is 22.6. The molecule has 0 radical (unpaired) electrons. The fourth-order valence-corrected chi connectivity index (χ4v) is 4.69. The van der Waals surface area contributed by atoms with E-state index in [1.807, 2.05) is 6.92 Å². The first-order chi connectivity index (χ1) is 14.0. The zero-order valence-electron chi connectivity index (χ0n) is 21.6. The summed E-state index contributed by atoms with van der Waals surface area (Å²) in [6, 6.07) is 0. The topological polar surface area (TPSA) is 49.7 Å². The van der Waals surface area contributed by atoms with Gasteiger partial charge in [-0.1, -0.05) is 112 Å². The van der Waals surface area contributed by atoms with Crippen LogP contribution in [0.5, 0.6) is 0 Å². The quantitative estimate of drug-likeness (QED) is 0.157. The van der Waals surface area contributed by atoms with Crippen LogP contribution in [0.15, 0.2) is 0 Å². The molecule has 3 atom stereocenters. The van der Waals surface area contributed by atoms with Gasteiger partial charge in [0.1, 0.15) is 0 Å². The highest BCUT2D eigenvalue weighted by Crippen LogP contribution is 2.36. The molecule has 0 unspecified atom stereocenters. The predicted octanol–water partition coefficient (Wildman–Crippen LogP) is 7.85. The molecule has 0 aromatic heterocycles. The number of aliphatic hydroxyl groups is 2. The summed E-state index contributed by atoms with van der Waals surface area (Å²) in [5.74, 6) is 0.0714. The third-order valence-electron chi connectivity index (χ3n) is 7.17. The predicted molar refractivity (Wildman–Crippen MR) is 135 cm³/mol. The summed E-state index contributed by atoms with van der Waals surface area (Å²) >= 11 is 0. The Morgan fingerprint density at radius 1 is 0.733 bits per heavy atom. The van der Waals surface area contributed by atoms with Gasteiger partial charge in [-0.3, -0.25) is 0 Å². The van der Waals surface area contributed by atoms with Crippen LogP contribution in [0.2, 0.25) is 18.1 Å². The van der Waals surface area contributed by atoms with Crippen LogP contribution in [0.3, 0.4) is 0 Å². The fourth-order valence-electron chi connectivity index (χ4n) is 3.63. The zero-order chi connectivity index (χ0) is 23.0. The first-order valence-electron chi connectivity index (χ1n) is 13.0. The Morgan fingerprint density at radius 2 is 1.17 bits per heavy atom. The van der Waals surface area contributed by atoms with Crippen LogP contribution >= 0.6 is 0 Å². The fraction of sp³-hybridized carbons (Fsp3) is 1.00. The van der Waals surface area contributed by atoms with Gasteiger partial charge in [-0.15, -0.1) is 0 Å². The van der Waals surface area contributed by atoms with Crippen LogP contribution in [-0.2, 0) is 4.43 Å². The monoisotopic (exact) mass is 444 g/mol. The molecule has 2 N–H and O–H groups in total. The van der Waals surface area contributed by atoms with Crippen molar-refractivity contribution in [2.75, 3.05) is 6.61 Å². The van der Waals surface area contributed by atoms with E-state index in [1.54, 1.807) is 0 Å². The molecular weight excluding hydrogens is 388 g/mol. The summed E-state index contributed by atoms with van der Waals surface area (Å²) in [6.45, 7) is 16.2. The van der Waals surface area contributed by atoms with E-state index >= 15 is 0 Å². The smallest absolute Gasteiger partial charge is 0.191 e. The van der Waals surface area contributed by atoms with E-state index in [1.165, 1.54) is 70.6 Å². The van der Waals surface area contributed by atoms with Crippen molar-refractivity contribution in [1.29, 1.82) is 0 Å². The molecule has 0 fully saturated rings. The standard InChI is InChI=1S/C26H56O3Si/c1-8-9-10-11-12-13-14-15-16-17-18-19-20-24(27)25(28)23(2)21-22-29-30(6,7)26(3,4)5/h23-25,27-28H,8-22H2,1-7H3/t23-,24+,25+/m0/s1. The minimum Gasteiger partial charge on any atom is -0.417 e. The third-order valence-corrected chi connectivity index (χ3v) is 11.7. The van der Waals surface area contributed by atoms with E-state index in [0.717, 1.165) is 12.8 Å². The van der Waals surface area contributed by atoms with E-state index in [9.17, 15) is 10.2 Å². The average Bonchev–Trinajstić information content (AvgIpc) is 2.66. The second kappa shape index (κ2) is 16.7. The van der Waals surface area contributed by atoms with Crippen molar-refractivity contribution in [2.24, 2.45) is 5.92 Å². The number of hydrogen-bond acceptors (Lipinski definition) is 3. The maximum atomic E-state index is 10.5. The van der Waals surface area contributed by atoms with Gasteiger partial charge in [0.05, 0.1) is 12.2 Å². The Morgan fingerprint density at radius 3 is 1.60 bits per heavy atom. The molecule has 182 valence electrons. The molecule has 0 aromatic rings. The molecule has 0 aliphatic rings. The highest BCUT2D eigenvalue weighted by Gasteiger charge is 2.37. The molecule has 0 aromatic carbocycles. The molecule has 0 amide bonds. The van der Waals surface area contributed by atoms with Crippen LogP contribution in [0.1, 0.15) is 125 Å². The van der Waals surface area contributed by atoms with Crippen molar-refractivity contribution >= 4 is 8.32 Å². The van der Waals surface area contributed by atoms with Gasteiger partial charge in [0, 0.05) is 6.61 Å². The third kappa shape index (κ3) is 14.2. The van der Waals surface area contributed by atoms with Gasteiger partial charge in [0.2, 0.25) is 0 Å². The maximum absolute atomic E-state index is 10.5. The molecule has 0 saturated carbocycles. The highest BCUT2D eigenvalue weighted by atomic mass is 28.4. The lowest BCUT2D eigenvalue weighted by Gasteiger charge is -2.36. The first-order valence-corrected chi connectivity index (χ1v) is 15.9. The molecule has 0 rings (SSSR count). The number of rotatable bonds is 19. The van der Waals surface area contributed by atoms with Crippen molar-refractivity contribution in [3.05, 3.63) is 0 Å². The van der Waals surface area contributed by atoms with Crippen LogP contribution < -0.4 is 0 Å². The lowest BCUT2D eigenvalue weighted by Crippen LogP contribution is -2.41. The Kier molecular flexibility index (Phi) is 16.7. The molecule has 0 heterocycles. The Labute approximate surface area is 190 Å². The maximum Gasteiger partial charge on any atom is 0.191 e. The first kappa shape index (κ1) is 30.1. The van der Waals surface area contributed by atoms with Crippen molar-refractivity contribution in [2.45, 2.75) is 155 Å². The Hall–Kier alpha value is 0.0969. The van der Waals surface area contributed by atoms with E-state index in [-0.39, 0.29) is 11.0 Å². The van der Waals surface area contributed by atoms with Gasteiger partial charge in [-0.05, 0) is 36.9 Å². The Bertz CT molecular complexity index is 392. The van der Waals surface area contributed by atoms with Crippen molar-refractivity contribution in [1.82, 2.24) is 0 Å². The molecule has 3 nitrogen and oxygen atoms in total. The van der Waals surface area contributed by atoms with E-state index < -0.39 is 20.5 Å². The minimum absolute atomic E-state index is 0.0714. The van der Waals surface area contributed by atoms with Gasteiger partial charge in [-0.25, -0.2) is 0 Å². The van der Waals surface area contributed by atoms with Crippen molar-refractivity contribution in [3.8, 4) is 0 Å². The molecule has 0 aliphatic carbocycles. The lowest BCUT2D eigenvalue weighted by atomic mass is 9.93. The van der Waals surface area contributed by atoms with Crippen LogP contribution in [0.25, 0.3) is 0 Å². The van der Waals surface area contributed by atoms with Crippen LogP contribution in [-0.4, -0.2) is 37.3 Å². The second-order valence-corrected chi connectivity index (χ2v) is 15.9. The summed E-state index contributed by atoms with van der Waals surface area (Å²) in [4.78, 5) is 0. The molecular formula is C26H56O3Si. The minimum atomic E-state index is -1.73. The van der Waals surface area contributed by atoms with Gasteiger partial charge in [0.25, 0.3) is 0 Å². The SMILES string of the molecule is CCCCCCCCCCCCCC[C@@H](O)[C@H](O)[C@@H](C)CCO[Si](C)(C)C(C)(C)C. The summed E-state index contributed by atoms with van der Waals surface area (Å²) in [5.41, 5.74) is 0. The molecule has 0 bridgehead atoms. The number of unbranched alkanes of at least 4 members (excludes halogenated alkanes) is 11. The molecule has 0 saturated heterocycles. The van der Waals surface area contributed by atoms with E-state index in [4.69, 9.17) is 4.43 Å². The van der Waals surface area contributed by atoms with Gasteiger partial charge < -0.3 is 14.6 Å². The normalized spacial score (nSPS) is 15.9. The second-order valence-electron chi connectivity index (χ2n) is 11.1. The van der Waals surface area contributed by atoms with Gasteiger partial charge >= 0.3 is 0 Å². The molecule has 4 heteroatoms. The molecule has 30 heavy (non-hydrogen) atoms. The molecule has 0 aliphatic heterocycles. The van der Waals surface area contributed by atoms with Crippen molar-refractivity contribution in [3.63, 3.8) is 0 Å². The molecule has 0 spiro atoms. The van der Waals surface area contributed by atoms with Gasteiger partial charge in [-0.2, -0.15) is 0 Å². The average molecular weight is 445 g/mol. The summed E-state index contributed by atoms with van der Waals surface area (Å²) in [5, 5.41) is 21.0. The van der Waals surface area contributed by atoms with Crippen molar-refractivity contribution < 1.29 is 14.6 Å². The summed E-state index contributed by atoms with van der Waals surface area (Å²) in [6.07, 6.45) is 16.1. The van der Waals surface area contributed by atoms with E-state index in [0.29, 0.717) is 13.0 Å². The highest BCUT2D eigenvalue weighted by molar-refractivity contribution is 6.74. The lowest BCUT2D eigenvalue weighted by molar-refractivity contribution is -0.0225. The van der Waals surface area contributed by atoms with Crippen LogP contribution in [0.4, 0.5) is 0 Å². The van der Waals surface area contributed by atoms with E-state index in [2.05, 4.69) is 40.8 Å². The Balaban J connectivity index is 3.72. The van der Waals surface area contributed by atoms with Gasteiger partial charge in [0.15, 0.2) is 8.32 Å². The summed E-state index contributed by atoms with van der Waals surface area (Å²) < 4.78 is 6.22. The number of aliphatic hydroxyl groups excluding tert-OH is 2. The largest absolute Gasteiger partial charge is 0.417 e. The number of hydrogen-bond donors (Lipinski definition) is 2. The van der Waals surface area contributed by atoms with Crippen LogP contribution in [0, 0.1) is 5.92 Å².